The second-order valence-electron chi connectivity index (χ2n) is 7.28. The van der Waals surface area contributed by atoms with Gasteiger partial charge in [-0.05, 0) is 68.8 Å². The van der Waals surface area contributed by atoms with E-state index in [4.69, 9.17) is 9.15 Å². The zero-order valence-electron chi connectivity index (χ0n) is 15.6. The van der Waals surface area contributed by atoms with Crippen molar-refractivity contribution in [1.29, 1.82) is 0 Å². The number of carbonyl (C=O) groups excluding carboxylic acids is 1. The molecule has 0 spiro atoms. The van der Waals surface area contributed by atoms with E-state index in [1.807, 2.05) is 41.3 Å². The standard InChI is InChI=1S/C21H27N3O3/c25-21(22-18-8-6-17(7-9-18)20-5-3-13-27-20)24-12-4-14-26-19(16-24)15-23-10-1-2-11-23/h3,5-9,13,19H,1-2,4,10-12,14-16H2,(H,22,25). The molecule has 1 unspecified atom stereocenters. The van der Waals surface area contributed by atoms with E-state index in [9.17, 15) is 4.79 Å². The van der Waals surface area contributed by atoms with E-state index in [-0.39, 0.29) is 12.1 Å². The van der Waals surface area contributed by atoms with Crippen molar-refractivity contribution in [3.63, 3.8) is 0 Å². The maximum Gasteiger partial charge on any atom is 0.321 e. The predicted molar refractivity (Wildman–Crippen MR) is 105 cm³/mol. The Morgan fingerprint density at radius 3 is 2.63 bits per heavy atom. The first-order valence-electron chi connectivity index (χ1n) is 9.82. The van der Waals surface area contributed by atoms with Crippen LogP contribution in [0, 0.1) is 0 Å². The van der Waals surface area contributed by atoms with E-state index in [0.29, 0.717) is 6.54 Å². The smallest absolute Gasteiger partial charge is 0.321 e. The van der Waals surface area contributed by atoms with Gasteiger partial charge in [0.25, 0.3) is 0 Å². The minimum Gasteiger partial charge on any atom is -0.464 e. The number of nitrogens with one attached hydrogen (secondary N) is 1. The maximum absolute atomic E-state index is 12.7. The fraction of sp³-hybridized carbons (Fsp3) is 0.476. The highest BCUT2D eigenvalue weighted by molar-refractivity contribution is 5.89. The summed E-state index contributed by atoms with van der Waals surface area (Å²) in [6, 6.07) is 11.5. The number of furan rings is 1. The second-order valence-corrected chi connectivity index (χ2v) is 7.28. The summed E-state index contributed by atoms with van der Waals surface area (Å²) >= 11 is 0. The molecule has 2 fully saturated rings. The number of hydrogen-bond acceptors (Lipinski definition) is 4. The fourth-order valence-electron chi connectivity index (χ4n) is 3.81. The highest BCUT2D eigenvalue weighted by Crippen LogP contribution is 2.22. The zero-order chi connectivity index (χ0) is 18.5. The van der Waals surface area contributed by atoms with Gasteiger partial charge in [0.05, 0.1) is 12.4 Å². The molecular formula is C21H27N3O3. The summed E-state index contributed by atoms with van der Waals surface area (Å²) in [6.07, 6.45) is 5.17. The Hall–Kier alpha value is -2.31. The van der Waals surface area contributed by atoms with Crippen LogP contribution in [0.2, 0.25) is 0 Å². The van der Waals surface area contributed by atoms with Gasteiger partial charge in [0.1, 0.15) is 5.76 Å². The van der Waals surface area contributed by atoms with Gasteiger partial charge in [-0.25, -0.2) is 4.79 Å². The van der Waals surface area contributed by atoms with E-state index in [1.165, 1.54) is 12.8 Å². The first-order chi connectivity index (χ1) is 13.3. The number of urea groups is 1. The molecule has 4 rings (SSSR count). The molecule has 0 aliphatic carbocycles. The molecule has 0 radical (unpaired) electrons. The Balaban J connectivity index is 1.34. The number of rotatable bonds is 4. The number of anilines is 1. The van der Waals surface area contributed by atoms with Gasteiger partial charge in [-0.15, -0.1) is 0 Å². The van der Waals surface area contributed by atoms with Crippen molar-refractivity contribution in [3.8, 4) is 11.3 Å². The Labute approximate surface area is 160 Å². The molecule has 1 atom stereocenters. The molecule has 27 heavy (non-hydrogen) atoms. The number of carbonyl (C=O) groups is 1. The van der Waals surface area contributed by atoms with Crippen LogP contribution in [0.15, 0.2) is 47.1 Å². The van der Waals surface area contributed by atoms with Crippen molar-refractivity contribution in [3.05, 3.63) is 42.7 Å². The van der Waals surface area contributed by atoms with Crippen molar-refractivity contribution in [2.75, 3.05) is 44.6 Å². The summed E-state index contributed by atoms with van der Waals surface area (Å²) in [5, 5.41) is 3.01. The van der Waals surface area contributed by atoms with Crippen LogP contribution < -0.4 is 5.32 Å². The number of hydrogen-bond donors (Lipinski definition) is 1. The first-order valence-corrected chi connectivity index (χ1v) is 9.82. The summed E-state index contributed by atoms with van der Waals surface area (Å²) in [4.78, 5) is 17.1. The quantitative estimate of drug-likeness (QED) is 0.893. The van der Waals surface area contributed by atoms with Crippen molar-refractivity contribution >= 4 is 11.7 Å². The number of amides is 2. The van der Waals surface area contributed by atoms with E-state index in [2.05, 4.69) is 10.2 Å². The van der Waals surface area contributed by atoms with Crippen LogP contribution in [0.5, 0.6) is 0 Å². The summed E-state index contributed by atoms with van der Waals surface area (Å²) in [7, 11) is 0. The Bertz CT molecular complexity index is 724. The second kappa shape index (κ2) is 8.59. The number of nitrogens with zero attached hydrogens (tertiary/aromatic N) is 2. The lowest BCUT2D eigenvalue weighted by Crippen LogP contribution is -2.43. The molecule has 1 aromatic heterocycles. The molecular weight excluding hydrogens is 342 g/mol. The summed E-state index contributed by atoms with van der Waals surface area (Å²) in [5.74, 6) is 0.822. The van der Waals surface area contributed by atoms with E-state index < -0.39 is 0 Å². The van der Waals surface area contributed by atoms with Crippen LogP contribution in [-0.2, 0) is 4.74 Å². The first kappa shape index (κ1) is 18.1. The molecule has 2 amide bonds. The number of benzene rings is 1. The van der Waals surface area contributed by atoms with Gasteiger partial charge < -0.3 is 24.3 Å². The SMILES string of the molecule is O=C(Nc1ccc(-c2ccco2)cc1)N1CCCOC(CN2CCCC2)C1. The van der Waals surface area contributed by atoms with E-state index in [0.717, 1.165) is 56.2 Å². The highest BCUT2D eigenvalue weighted by atomic mass is 16.5. The molecule has 3 heterocycles. The van der Waals surface area contributed by atoms with Crippen molar-refractivity contribution < 1.29 is 13.9 Å². The van der Waals surface area contributed by atoms with Gasteiger partial charge >= 0.3 is 6.03 Å². The maximum atomic E-state index is 12.7. The number of likely N-dealkylation sites (tertiary alicyclic amines) is 1. The fourth-order valence-corrected chi connectivity index (χ4v) is 3.81. The van der Waals surface area contributed by atoms with Crippen molar-refractivity contribution in [2.45, 2.75) is 25.4 Å². The molecule has 1 aromatic carbocycles. The molecule has 6 nitrogen and oxygen atoms in total. The third-order valence-corrected chi connectivity index (χ3v) is 5.24. The van der Waals surface area contributed by atoms with Crippen LogP contribution in [-0.4, -0.2) is 61.3 Å². The van der Waals surface area contributed by atoms with Crippen LogP contribution in [0.25, 0.3) is 11.3 Å². The lowest BCUT2D eigenvalue weighted by Gasteiger charge is -2.27. The molecule has 2 aromatic rings. The van der Waals surface area contributed by atoms with E-state index in [1.54, 1.807) is 6.26 Å². The zero-order valence-corrected chi connectivity index (χ0v) is 15.6. The van der Waals surface area contributed by atoms with Gasteiger partial charge in [0.2, 0.25) is 0 Å². The normalized spacial score (nSPS) is 21.2. The Kier molecular flexibility index (Phi) is 5.75. The average Bonchev–Trinajstić information content (AvgIpc) is 3.34. The van der Waals surface area contributed by atoms with Crippen LogP contribution >= 0.6 is 0 Å². The Morgan fingerprint density at radius 1 is 1.07 bits per heavy atom. The summed E-state index contributed by atoms with van der Waals surface area (Å²) < 4.78 is 11.4. The number of ether oxygens (including phenoxy) is 1. The molecule has 2 saturated heterocycles. The average molecular weight is 369 g/mol. The monoisotopic (exact) mass is 369 g/mol. The topological polar surface area (TPSA) is 58.0 Å². The molecule has 2 aliphatic rings. The third kappa shape index (κ3) is 4.70. The minimum absolute atomic E-state index is 0.0577. The van der Waals surface area contributed by atoms with E-state index >= 15 is 0 Å². The van der Waals surface area contributed by atoms with Crippen molar-refractivity contribution in [1.82, 2.24) is 9.80 Å². The van der Waals surface area contributed by atoms with Gasteiger partial charge in [-0.2, -0.15) is 0 Å². The molecule has 1 N–H and O–H groups in total. The highest BCUT2D eigenvalue weighted by Gasteiger charge is 2.25. The van der Waals surface area contributed by atoms with Crippen LogP contribution in [0.4, 0.5) is 10.5 Å². The lowest BCUT2D eigenvalue weighted by atomic mass is 10.1. The summed E-state index contributed by atoms with van der Waals surface area (Å²) in [5.41, 5.74) is 1.78. The van der Waals surface area contributed by atoms with Crippen LogP contribution in [0.1, 0.15) is 19.3 Å². The predicted octanol–water partition coefficient (Wildman–Crippen LogP) is 3.67. The molecule has 6 heteroatoms. The van der Waals surface area contributed by atoms with Gasteiger partial charge in [0.15, 0.2) is 0 Å². The van der Waals surface area contributed by atoms with Crippen LogP contribution in [0.3, 0.4) is 0 Å². The minimum atomic E-state index is -0.0577. The van der Waals surface area contributed by atoms with Crippen molar-refractivity contribution in [2.24, 2.45) is 0 Å². The third-order valence-electron chi connectivity index (χ3n) is 5.24. The van der Waals surface area contributed by atoms with Gasteiger partial charge in [-0.3, -0.25) is 0 Å². The van der Waals surface area contributed by atoms with Gasteiger partial charge in [0, 0.05) is 37.5 Å². The molecule has 144 valence electrons. The molecule has 0 bridgehead atoms. The van der Waals surface area contributed by atoms with Gasteiger partial charge in [-0.1, -0.05) is 0 Å². The summed E-state index contributed by atoms with van der Waals surface area (Å²) in [6.45, 7) is 5.31. The molecule has 0 saturated carbocycles. The largest absolute Gasteiger partial charge is 0.464 e. The lowest BCUT2D eigenvalue weighted by molar-refractivity contribution is 0.0355. The Morgan fingerprint density at radius 2 is 1.89 bits per heavy atom. The molecule has 2 aliphatic heterocycles.